The summed E-state index contributed by atoms with van der Waals surface area (Å²) in [7, 11) is 0. The fourth-order valence-corrected chi connectivity index (χ4v) is 3.29. The van der Waals surface area contributed by atoms with Crippen molar-refractivity contribution in [2.45, 2.75) is 25.8 Å². The first-order valence-electron chi connectivity index (χ1n) is 7.11. The van der Waals surface area contributed by atoms with Crippen molar-refractivity contribution in [2.24, 2.45) is 11.8 Å². The number of aromatic nitrogens is 2. The van der Waals surface area contributed by atoms with E-state index in [9.17, 15) is 0 Å². The summed E-state index contributed by atoms with van der Waals surface area (Å²) >= 11 is 0. The molecule has 0 aliphatic heterocycles. The molecule has 0 saturated heterocycles. The van der Waals surface area contributed by atoms with Gasteiger partial charge in [-0.1, -0.05) is 18.2 Å². The van der Waals surface area contributed by atoms with Gasteiger partial charge in [0.25, 0.3) is 0 Å². The molecule has 102 valence electrons. The Morgan fingerprint density at radius 3 is 3.10 bits per heavy atom. The Morgan fingerprint density at radius 1 is 1.35 bits per heavy atom. The number of anilines is 1. The predicted molar refractivity (Wildman–Crippen MR) is 77.2 cm³/mol. The molecule has 2 aliphatic rings. The molecule has 20 heavy (non-hydrogen) atoms. The van der Waals surface area contributed by atoms with Gasteiger partial charge in [0.1, 0.15) is 0 Å². The molecule has 0 bridgehead atoms. The van der Waals surface area contributed by atoms with Gasteiger partial charge in [-0.2, -0.15) is 0 Å². The lowest BCUT2D eigenvalue weighted by Crippen LogP contribution is -2.43. The molecular weight excluding hydrogens is 250 g/mol. The van der Waals surface area contributed by atoms with Crippen LogP contribution in [0.25, 0.3) is 11.5 Å². The lowest BCUT2D eigenvalue weighted by Gasteiger charge is -2.41. The van der Waals surface area contributed by atoms with Crippen molar-refractivity contribution < 1.29 is 4.42 Å². The molecule has 0 spiro atoms. The minimum Gasteiger partial charge on any atom is -0.423 e. The number of hydrogen-bond acceptors (Lipinski definition) is 4. The number of aryl methyl sites for hydroxylation is 1. The van der Waals surface area contributed by atoms with Gasteiger partial charge < -0.3 is 9.73 Å². The van der Waals surface area contributed by atoms with Crippen molar-refractivity contribution in [2.75, 3.05) is 5.32 Å². The third kappa shape index (κ3) is 1.83. The molecule has 0 amide bonds. The third-order valence-corrected chi connectivity index (χ3v) is 4.55. The van der Waals surface area contributed by atoms with E-state index in [1.165, 1.54) is 30.5 Å². The van der Waals surface area contributed by atoms with E-state index in [1.807, 2.05) is 6.07 Å². The summed E-state index contributed by atoms with van der Waals surface area (Å²) in [4.78, 5) is 0. The van der Waals surface area contributed by atoms with Gasteiger partial charge in [-0.3, -0.25) is 0 Å². The fraction of sp³-hybridized carbons (Fsp3) is 0.375. The van der Waals surface area contributed by atoms with E-state index in [-0.39, 0.29) is 0 Å². The molecule has 1 aromatic heterocycles. The van der Waals surface area contributed by atoms with Crippen molar-refractivity contribution in [3.63, 3.8) is 0 Å². The normalized spacial score (nSPS) is 27.1. The van der Waals surface area contributed by atoms with E-state index in [4.69, 9.17) is 4.42 Å². The zero-order valence-corrected chi connectivity index (χ0v) is 11.4. The van der Waals surface area contributed by atoms with Crippen LogP contribution in [0.3, 0.4) is 0 Å². The van der Waals surface area contributed by atoms with Crippen molar-refractivity contribution >= 4 is 5.69 Å². The Morgan fingerprint density at radius 2 is 2.30 bits per heavy atom. The average molecular weight is 267 g/mol. The van der Waals surface area contributed by atoms with Gasteiger partial charge in [0.15, 0.2) is 0 Å². The van der Waals surface area contributed by atoms with E-state index < -0.39 is 0 Å². The Labute approximate surface area is 117 Å². The van der Waals surface area contributed by atoms with Gasteiger partial charge in [0.2, 0.25) is 12.3 Å². The Balaban J connectivity index is 1.58. The first-order valence-corrected chi connectivity index (χ1v) is 7.11. The van der Waals surface area contributed by atoms with Gasteiger partial charge in [0, 0.05) is 23.2 Å². The molecule has 4 rings (SSSR count). The number of rotatable bonds is 3. The summed E-state index contributed by atoms with van der Waals surface area (Å²) in [5, 5.41) is 11.4. The van der Waals surface area contributed by atoms with Crippen LogP contribution in [-0.4, -0.2) is 16.2 Å². The van der Waals surface area contributed by atoms with Crippen LogP contribution in [0, 0.1) is 18.8 Å². The quantitative estimate of drug-likeness (QED) is 0.866. The predicted octanol–water partition coefficient (Wildman–Crippen LogP) is 3.42. The molecule has 3 unspecified atom stereocenters. The minimum absolute atomic E-state index is 0.565. The van der Waals surface area contributed by atoms with Gasteiger partial charge >= 0.3 is 0 Å². The first-order chi connectivity index (χ1) is 9.81. The summed E-state index contributed by atoms with van der Waals surface area (Å²) in [6.45, 7) is 2.13. The number of allylic oxidation sites excluding steroid dienone is 1. The van der Waals surface area contributed by atoms with Crippen LogP contribution in [0.2, 0.25) is 0 Å². The molecule has 1 N–H and O–H groups in total. The van der Waals surface area contributed by atoms with Crippen LogP contribution in [0.5, 0.6) is 0 Å². The Kier molecular flexibility index (Phi) is 2.62. The summed E-state index contributed by atoms with van der Waals surface area (Å²) < 4.78 is 5.27. The number of nitrogens with zero attached hydrogens (tertiary/aromatic N) is 2. The first kappa shape index (κ1) is 11.7. The zero-order valence-electron chi connectivity index (χ0n) is 11.4. The molecule has 3 atom stereocenters. The maximum Gasteiger partial charge on any atom is 0.247 e. The second-order valence-electron chi connectivity index (χ2n) is 5.76. The van der Waals surface area contributed by atoms with Crippen molar-refractivity contribution in [1.29, 1.82) is 0 Å². The van der Waals surface area contributed by atoms with E-state index in [0.717, 1.165) is 11.5 Å². The minimum atomic E-state index is 0.565. The average Bonchev–Trinajstić information content (AvgIpc) is 3.07. The second-order valence-corrected chi connectivity index (χ2v) is 5.76. The fourth-order valence-electron chi connectivity index (χ4n) is 3.29. The molecule has 1 heterocycles. The van der Waals surface area contributed by atoms with E-state index in [2.05, 4.69) is 46.7 Å². The maximum atomic E-state index is 5.27. The van der Waals surface area contributed by atoms with Crippen LogP contribution < -0.4 is 5.32 Å². The standard InChI is InChI=1S/C16H17N3O/c1-10-5-6-12(16-19-17-9-20-16)8-14(10)18-15-7-11-3-2-4-13(11)15/h2,4-6,8-9,11,13,15,18H,3,7H2,1H3. The molecule has 4 nitrogen and oxygen atoms in total. The highest BCUT2D eigenvalue weighted by molar-refractivity contribution is 5.64. The van der Waals surface area contributed by atoms with Crippen molar-refractivity contribution in [1.82, 2.24) is 10.2 Å². The van der Waals surface area contributed by atoms with E-state index in [1.54, 1.807) is 0 Å². The highest BCUT2D eigenvalue weighted by atomic mass is 16.4. The van der Waals surface area contributed by atoms with Crippen LogP contribution in [0.1, 0.15) is 18.4 Å². The summed E-state index contributed by atoms with van der Waals surface area (Å²) in [6, 6.07) is 6.79. The van der Waals surface area contributed by atoms with E-state index in [0.29, 0.717) is 17.9 Å². The number of fused-ring (bicyclic) bond motifs is 1. The highest BCUT2D eigenvalue weighted by Gasteiger charge is 2.40. The topological polar surface area (TPSA) is 51.0 Å². The lowest BCUT2D eigenvalue weighted by molar-refractivity contribution is 0.218. The summed E-state index contributed by atoms with van der Waals surface area (Å²) in [5.41, 5.74) is 3.39. The largest absolute Gasteiger partial charge is 0.423 e. The highest BCUT2D eigenvalue weighted by Crippen LogP contribution is 2.44. The molecule has 0 radical (unpaired) electrons. The van der Waals surface area contributed by atoms with Crippen LogP contribution in [-0.2, 0) is 0 Å². The smallest absolute Gasteiger partial charge is 0.247 e. The van der Waals surface area contributed by atoms with Crippen LogP contribution in [0.4, 0.5) is 5.69 Å². The number of benzene rings is 1. The van der Waals surface area contributed by atoms with Crippen molar-refractivity contribution in [3.05, 3.63) is 42.3 Å². The molecule has 1 fully saturated rings. The molecular formula is C16H17N3O. The number of nitrogens with one attached hydrogen (secondary N) is 1. The molecule has 4 heteroatoms. The van der Waals surface area contributed by atoms with Gasteiger partial charge in [-0.15, -0.1) is 10.2 Å². The SMILES string of the molecule is Cc1ccc(-c2nnco2)cc1NC1CC2CC=CC21. The molecule has 2 aromatic rings. The lowest BCUT2D eigenvalue weighted by atomic mass is 9.71. The molecule has 1 saturated carbocycles. The van der Waals surface area contributed by atoms with Gasteiger partial charge in [0.05, 0.1) is 0 Å². The Hall–Kier alpha value is -2.10. The summed E-state index contributed by atoms with van der Waals surface area (Å²) in [5.74, 6) is 2.15. The summed E-state index contributed by atoms with van der Waals surface area (Å²) in [6.07, 6.45) is 8.57. The monoisotopic (exact) mass is 267 g/mol. The maximum absolute atomic E-state index is 5.27. The zero-order chi connectivity index (χ0) is 13.5. The second kappa shape index (κ2) is 4.47. The number of hydrogen-bond donors (Lipinski definition) is 1. The van der Waals surface area contributed by atoms with Gasteiger partial charge in [-0.05, 0) is 43.4 Å². The van der Waals surface area contributed by atoms with Crippen LogP contribution in [0.15, 0.2) is 41.2 Å². The molecule has 2 aliphatic carbocycles. The van der Waals surface area contributed by atoms with E-state index >= 15 is 0 Å². The molecule has 1 aromatic carbocycles. The van der Waals surface area contributed by atoms with Crippen LogP contribution >= 0.6 is 0 Å². The van der Waals surface area contributed by atoms with Gasteiger partial charge in [-0.25, -0.2) is 0 Å². The Bertz CT molecular complexity index is 648. The third-order valence-electron chi connectivity index (χ3n) is 4.55. The van der Waals surface area contributed by atoms with Crippen molar-refractivity contribution in [3.8, 4) is 11.5 Å².